The number of aliphatic hydroxyl groups is 1. The van der Waals surface area contributed by atoms with Gasteiger partial charge in [0.2, 0.25) is 0 Å². The Kier molecular flexibility index (Phi) is 6.45. The molecule has 0 amide bonds. The number of H-pyrrole nitrogens is 1. The third kappa shape index (κ3) is 5.43. The topological polar surface area (TPSA) is 122 Å². The Bertz CT molecular complexity index is 679. The molecule has 2 rings (SSSR count). The lowest BCUT2D eigenvalue weighted by Crippen LogP contribution is -2.33. The van der Waals surface area contributed by atoms with Crippen LogP contribution in [-0.4, -0.2) is 47.9 Å². The van der Waals surface area contributed by atoms with Gasteiger partial charge in [0.15, 0.2) is 5.96 Å². The number of aromatic amines is 1. The van der Waals surface area contributed by atoms with Crippen molar-refractivity contribution in [1.29, 1.82) is 0 Å². The zero-order valence-corrected chi connectivity index (χ0v) is 14.2. The van der Waals surface area contributed by atoms with Gasteiger partial charge in [0, 0.05) is 23.1 Å². The van der Waals surface area contributed by atoms with Gasteiger partial charge in [-0.3, -0.25) is 4.99 Å². The summed E-state index contributed by atoms with van der Waals surface area (Å²) in [5, 5.41) is 14.2. The average molecular weight is 333 g/mol. The van der Waals surface area contributed by atoms with Crippen molar-refractivity contribution in [1.82, 2.24) is 10.3 Å². The van der Waals surface area contributed by atoms with Gasteiger partial charge in [-0.1, -0.05) is 6.07 Å². The molecule has 7 N–H and O–H groups in total. The van der Waals surface area contributed by atoms with Gasteiger partial charge in [0.05, 0.1) is 6.04 Å². The number of rotatable bonds is 9. The normalized spacial score (nSPS) is 13.6. The van der Waals surface area contributed by atoms with Crippen LogP contribution in [0.15, 0.2) is 29.3 Å². The molecule has 0 spiro atoms. The van der Waals surface area contributed by atoms with Crippen molar-refractivity contribution in [3.8, 4) is 5.75 Å². The quantitative estimate of drug-likeness (QED) is 0.265. The van der Waals surface area contributed by atoms with E-state index >= 15 is 0 Å². The molecule has 1 aromatic heterocycles. The third-order valence-electron chi connectivity index (χ3n) is 3.68. The minimum atomic E-state index is -0.585. The van der Waals surface area contributed by atoms with E-state index in [9.17, 15) is 5.11 Å². The molecule has 1 aromatic carbocycles. The van der Waals surface area contributed by atoms with Crippen LogP contribution < -0.4 is 21.5 Å². The van der Waals surface area contributed by atoms with Crippen molar-refractivity contribution in [3.05, 3.63) is 30.0 Å². The summed E-state index contributed by atoms with van der Waals surface area (Å²) in [6.45, 7) is 5.37. The lowest BCUT2D eigenvalue weighted by molar-refractivity contribution is 0.107. The van der Waals surface area contributed by atoms with Gasteiger partial charge in [-0.05, 0) is 45.0 Å². The van der Waals surface area contributed by atoms with Gasteiger partial charge >= 0.3 is 0 Å². The molecule has 24 heavy (non-hydrogen) atoms. The molecule has 2 aromatic rings. The number of nitrogens with two attached hydrogens (primary N) is 2. The van der Waals surface area contributed by atoms with Crippen LogP contribution in [0.25, 0.3) is 10.9 Å². The van der Waals surface area contributed by atoms with Crippen LogP contribution in [0.3, 0.4) is 0 Å². The van der Waals surface area contributed by atoms with Crippen molar-refractivity contribution < 1.29 is 9.84 Å². The number of aryl methyl sites for hydroxylation is 1. The number of hydrogen-bond donors (Lipinski definition) is 5. The van der Waals surface area contributed by atoms with Crippen molar-refractivity contribution in [3.63, 3.8) is 0 Å². The van der Waals surface area contributed by atoms with E-state index in [4.69, 9.17) is 16.2 Å². The number of ether oxygens (including phenoxy) is 1. The zero-order valence-electron chi connectivity index (χ0n) is 14.2. The first-order valence-corrected chi connectivity index (χ1v) is 8.14. The van der Waals surface area contributed by atoms with Crippen LogP contribution in [0, 0.1) is 6.92 Å². The molecule has 0 aliphatic carbocycles. The van der Waals surface area contributed by atoms with E-state index in [-0.39, 0.29) is 18.6 Å². The maximum Gasteiger partial charge on any atom is 0.186 e. The molecule has 0 radical (unpaired) electrons. The van der Waals surface area contributed by atoms with Crippen molar-refractivity contribution in [2.75, 3.05) is 19.7 Å². The SMILES string of the molecule is Cc1cc2c(OCC(O)CNCCC(C)N=C(N)N)cccc2[nH]1. The third-order valence-corrected chi connectivity index (χ3v) is 3.68. The molecule has 0 saturated carbocycles. The first kappa shape index (κ1) is 18.1. The molecule has 0 aliphatic heterocycles. The van der Waals surface area contributed by atoms with Gasteiger partial charge < -0.3 is 31.6 Å². The fourth-order valence-corrected chi connectivity index (χ4v) is 2.54. The monoisotopic (exact) mass is 333 g/mol. The van der Waals surface area contributed by atoms with Crippen LogP contribution in [0.2, 0.25) is 0 Å². The van der Waals surface area contributed by atoms with Gasteiger partial charge in [0.25, 0.3) is 0 Å². The summed E-state index contributed by atoms with van der Waals surface area (Å²) >= 11 is 0. The average Bonchev–Trinajstić information content (AvgIpc) is 2.89. The van der Waals surface area contributed by atoms with E-state index in [1.807, 2.05) is 38.1 Å². The number of nitrogens with zero attached hydrogens (tertiary/aromatic N) is 1. The van der Waals surface area contributed by atoms with Gasteiger partial charge in [-0.15, -0.1) is 0 Å². The molecule has 0 saturated heterocycles. The number of nitrogens with one attached hydrogen (secondary N) is 2. The first-order valence-electron chi connectivity index (χ1n) is 8.14. The molecule has 2 atom stereocenters. The van der Waals surface area contributed by atoms with Crippen molar-refractivity contribution in [2.24, 2.45) is 16.5 Å². The number of aliphatic hydroxyl groups excluding tert-OH is 1. The Morgan fingerprint density at radius 3 is 2.96 bits per heavy atom. The Labute approximate surface area is 142 Å². The molecule has 2 unspecified atom stereocenters. The summed E-state index contributed by atoms with van der Waals surface area (Å²) in [7, 11) is 0. The lowest BCUT2D eigenvalue weighted by atomic mass is 10.2. The van der Waals surface area contributed by atoms with Crippen LogP contribution in [0.5, 0.6) is 5.75 Å². The second kappa shape index (κ2) is 8.56. The van der Waals surface area contributed by atoms with Crippen LogP contribution >= 0.6 is 0 Å². The first-order chi connectivity index (χ1) is 11.5. The van der Waals surface area contributed by atoms with Gasteiger partial charge in [-0.25, -0.2) is 0 Å². The minimum Gasteiger partial charge on any atom is -0.490 e. The summed E-state index contributed by atoms with van der Waals surface area (Å²) in [6, 6.07) is 7.95. The molecular weight excluding hydrogens is 306 g/mol. The van der Waals surface area contributed by atoms with Crippen molar-refractivity contribution in [2.45, 2.75) is 32.4 Å². The Balaban J connectivity index is 1.73. The van der Waals surface area contributed by atoms with Crippen LogP contribution in [0.4, 0.5) is 0 Å². The number of fused-ring (bicyclic) bond motifs is 1. The maximum atomic E-state index is 10.0. The highest BCUT2D eigenvalue weighted by atomic mass is 16.5. The second-order valence-electron chi connectivity index (χ2n) is 6.03. The molecule has 7 nitrogen and oxygen atoms in total. The molecule has 132 valence electrons. The standard InChI is InChI=1S/C17H27N5O2/c1-11(22-17(18)19)6-7-20-9-13(23)10-24-16-5-3-4-15-14(16)8-12(2)21-15/h3-5,8,11,13,20-21,23H,6-7,9-10H2,1-2H3,(H4,18,19,22). The molecule has 0 bridgehead atoms. The number of guanidine groups is 1. The Hall–Kier alpha value is -2.25. The highest BCUT2D eigenvalue weighted by molar-refractivity contribution is 5.86. The zero-order chi connectivity index (χ0) is 17.5. The largest absolute Gasteiger partial charge is 0.490 e. The van der Waals surface area contributed by atoms with Crippen LogP contribution in [-0.2, 0) is 0 Å². The molecule has 1 heterocycles. The lowest BCUT2D eigenvalue weighted by Gasteiger charge is -2.14. The smallest absolute Gasteiger partial charge is 0.186 e. The van der Waals surface area contributed by atoms with E-state index in [0.29, 0.717) is 6.54 Å². The number of aromatic nitrogens is 1. The predicted octanol–water partition coefficient (Wildman–Crippen LogP) is 0.858. The van der Waals surface area contributed by atoms with Crippen molar-refractivity contribution >= 4 is 16.9 Å². The van der Waals surface area contributed by atoms with E-state index in [1.165, 1.54) is 0 Å². The summed E-state index contributed by atoms with van der Waals surface area (Å²) in [5.41, 5.74) is 12.8. The maximum absolute atomic E-state index is 10.0. The molecule has 0 fully saturated rings. The van der Waals surface area contributed by atoms with E-state index in [1.54, 1.807) is 0 Å². The predicted molar refractivity (Wildman–Crippen MR) is 97.3 cm³/mol. The number of benzene rings is 1. The van der Waals surface area contributed by atoms with E-state index in [0.717, 1.165) is 35.3 Å². The summed E-state index contributed by atoms with van der Waals surface area (Å²) in [4.78, 5) is 7.31. The Morgan fingerprint density at radius 2 is 2.21 bits per heavy atom. The van der Waals surface area contributed by atoms with Crippen LogP contribution in [0.1, 0.15) is 19.0 Å². The summed E-state index contributed by atoms with van der Waals surface area (Å²) in [6.07, 6.45) is 0.214. The van der Waals surface area contributed by atoms with Gasteiger partial charge in [-0.2, -0.15) is 0 Å². The minimum absolute atomic E-state index is 0.0605. The number of hydrogen-bond acceptors (Lipinski definition) is 4. The van der Waals surface area contributed by atoms with E-state index < -0.39 is 6.10 Å². The molecule has 0 aliphatic rings. The highest BCUT2D eigenvalue weighted by Gasteiger charge is 2.09. The number of aliphatic imine (C=N–C) groups is 1. The summed E-state index contributed by atoms with van der Waals surface area (Å²) in [5.74, 6) is 0.877. The van der Waals surface area contributed by atoms with Gasteiger partial charge in [0.1, 0.15) is 18.5 Å². The fourth-order valence-electron chi connectivity index (χ4n) is 2.54. The molecule has 7 heteroatoms. The molecular formula is C17H27N5O2. The highest BCUT2D eigenvalue weighted by Crippen LogP contribution is 2.26. The second-order valence-corrected chi connectivity index (χ2v) is 6.03. The Morgan fingerprint density at radius 1 is 1.42 bits per heavy atom. The summed E-state index contributed by atoms with van der Waals surface area (Å²) < 4.78 is 5.76. The fraction of sp³-hybridized carbons (Fsp3) is 0.471. The van der Waals surface area contributed by atoms with E-state index in [2.05, 4.69) is 15.3 Å².